The summed E-state index contributed by atoms with van der Waals surface area (Å²) in [5.74, 6) is 0.659. The van der Waals surface area contributed by atoms with Crippen molar-refractivity contribution in [2.24, 2.45) is 0 Å². The van der Waals surface area contributed by atoms with Crippen LogP contribution in [0.2, 0.25) is 0 Å². The van der Waals surface area contributed by atoms with Gasteiger partial charge in [-0.2, -0.15) is 0 Å². The Morgan fingerprint density at radius 2 is 1.76 bits per heavy atom. The summed E-state index contributed by atoms with van der Waals surface area (Å²) in [5, 5.41) is 8.23. The highest BCUT2D eigenvalue weighted by atomic mass is 32.2. The molecule has 0 radical (unpaired) electrons. The first-order chi connectivity index (χ1) is 12.1. The average molecular weight is 357 g/mol. The molecule has 3 rings (SSSR count). The zero-order valence-electron chi connectivity index (χ0n) is 14.4. The van der Waals surface area contributed by atoms with Crippen LogP contribution < -0.4 is 0 Å². The topological polar surface area (TPSA) is 42.2 Å². The molecular weight excluding hydrogens is 337 g/mol. The van der Waals surface area contributed by atoms with Gasteiger partial charge in [-0.25, -0.2) is 4.39 Å². The van der Waals surface area contributed by atoms with Crippen LogP contribution in [0.1, 0.15) is 24.4 Å². The maximum atomic E-state index is 13.0. The molecule has 25 heavy (non-hydrogen) atoms. The molecule has 1 aromatic heterocycles. The third kappa shape index (κ3) is 4.27. The molecule has 0 fully saturated rings. The van der Waals surface area contributed by atoms with Gasteiger partial charge in [0, 0.05) is 17.0 Å². The molecule has 0 saturated carbocycles. The third-order valence-corrected chi connectivity index (χ3v) is 4.88. The Kier molecular flexibility index (Phi) is 5.50. The smallest absolute Gasteiger partial charge is 0.247 e. The lowest BCUT2D eigenvalue weighted by molar-refractivity contribution is 0.218. The summed E-state index contributed by atoms with van der Waals surface area (Å²) in [6.07, 6.45) is 2.07. The van der Waals surface area contributed by atoms with E-state index in [0.717, 1.165) is 6.54 Å². The van der Waals surface area contributed by atoms with Gasteiger partial charge in [-0.15, -0.1) is 22.0 Å². The van der Waals surface area contributed by atoms with Gasteiger partial charge in [0.05, 0.1) is 6.04 Å². The van der Waals surface area contributed by atoms with E-state index >= 15 is 0 Å². The van der Waals surface area contributed by atoms with E-state index in [0.29, 0.717) is 17.3 Å². The summed E-state index contributed by atoms with van der Waals surface area (Å²) in [5.41, 5.74) is 1.94. The predicted octanol–water partition coefficient (Wildman–Crippen LogP) is 4.79. The molecule has 6 heteroatoms. The zero-order chi connectivity index (χ0) is 17.8. The summed E-state index contributed by atoms with van der Waals surface area (Å²) in [6.45, 7) is 2.81. The van der Waals surface area contributed by atoms with E-state index in [1.165, 1.54) is 22.6 Å². The molecule has 0 amide bonds. The van der Waals surface area contributed by atoms with E-state index in [1.54, 1.807) is 23.9 Å². The molecule has 0 N–H and O–H groups in total. The maximum Gasteiger partial charge on any atom is 0.247 e. The third-order valence-electron chi connectivity index (χ3n) is 4.14. The molecule has 0 aliphatic rings. The Morgan fingerprint density at radius 3 is 2.40 bits per heavy atom. The molecule has 130 valence electrons. The minimum absolute atomic E-state index is 0.0260. The Bertz CT molecular complexity index is 817. The van der Waals surface area contributed by atoms with E-state index in [4.69, 9.17) is 4.42 Å². The van der Waals surface area contributed by atoms with E-state index in [1.807, 2.05) is 14.0 Å². The number of benzene rings is 2. The summed E-state index contributed by atoms with van der Waals surface area (Å²) in [4.78, 5) is 3.40. The SMILES string of the molecule is CSc1ccc(CN(C)C(C)c2nnc(-c3ccc(F)cc3)o2)cc1. The van der Waals surface area contributed by atoms with E-state index in [-0.39, 0.29) is 11.9 Å². The van der Waals surface area contributed by atoms with Gasteiger partial charge in [0.25, 0.3) is 0 Å². The van der Waals surface area contributed by atoms with E-state index in [2.05, 4.69) is 45.6 Å². The predicted molar refractivity (Wildman–Crippen MR) is 97.8 cm³/mol. The van der Waals surface area contributed by atoms with Crippen molar-refractivity contribution >= 4 is 11.8 Å². The van der Waals surface area contributed by atoms with Crippen LogP contribution in [-0.2, 0) is 6.54 Å². The van der Waals surface area contributed by atoms with Crippen molar-refractivity contribution in [3.8, 4) is 11.5 Å². The van der Waals surface area contributed by atoms with E-state index in [9.17, 15) is 4.39 Å². The van der Waals surface area contributed by atoms with Gasteiger partial charge in [0.2, 0.25) is 11.8 Å². The molecule has 2 aromatic carbocycles. The highest BCUT2D eigenvalue weighted by Gasteiger charge is 2.19. The van der Waals surface area contributed by atoms with Crippen LogP contribution in [0.4, 0.5) is 4.39 Å². The minimum Gasteiger partial charge on any atom is -0.419 e. The normalized spacial score (nSPS) is 12.5. The summed E-state index contributed by atoms with van der Waals surface area (Å²) in [6, 6.07) is 14.5. The number of rotatable bonds is 6. The molecule has 0 aliphatic carbocycles. The molecule has 3 aromatic rings. The minimum atomic E-state index is -0.288. The fourth-order valence-electron chi connectivity index (χ4n) is 2.46. The van der Waals surface area contributed by atoms with Crippen molar-refractivity contribution in [2.45, 2.75) is 24.4 Å². The van der Waals surface area contributed by atoms with Crippen molar-refractivity contribution in [1.82, 2.24) is 15.1 Å². The Hall–Kier alpha value is -2.18. The van der Waals surface area contributed by atoms with Gasteiger partial charge in [-0.1, -0.05) is 12.1 Å². The van der Waals surface area contributed by atoms with E-state index < -0.39 is 0 Å². The first-order valence-corrected chi connectivity index (χ1v) is 9.22. The zero-order valence-corrected chi connectivity index (χ0v) is 15.3. The highest BCUT2D eigenvalue weighted by Crippen LogP contribution is 2.25. The molecule has 1 unspecified atom stereocenters. The quantitative estimate of drug-likeness (QED) is 0.593. The molecule has 0 bridgehead atoms. The molecule has 1 atom stereocenters. The second-order valence-electron chi connectivity index (χ2n) is 5.89. The van der Waals surface area contributed by atoms with Crippen LogP contribution in [0, 0.1) is 5.82 Å². The van der Waals surface area contributed by atoms with Gasteiger partial charge < -0.3 is 4.42 Å². The van der Waals surface area contributed by atoms with Crippen molar-refractivity contribution in [3.05, 3.63) is 65.8 Å². The van der Waals surface area contributed by atoms with Crippen LogP contribution in [0.25, 0.3) is 11.5 Å². The standard InChI is InChI=1S/C19H20FN3OS/c1-13(23(2)12-14-4-10-17(25-3)11-5-14)18-21-22-19(24-18)15-6-8-16(20)9-7-15/h4-11,13H,12H2,1-3H3. The van der Waals surface area contributed by atoms with Gasteiger partial charge >= 0.3 is 0 Å². The number of hydrogen-bond donors (Lipinski definition) is 0. The van der Waals surface area contributed by atoms with Crippen LogP contribution in [-0.4, -0.2) is 28.4 Å². The van der Waals surface area contributed by atoms with Gasteiger partial charge in [-0.3, -0.25) is 4.90 Å². The van der Waals surface area contributed by atoms with Crippen molar-refractivity contribution in [3.63, 3.8) is 0 Å². The second kappa shape index (κ2) is 7.80. The Balaban J connectivity index is 1.69. The fourth-order valence-corrected chi connectivity index (χ4v) is 2.87. The largest absolute Gasteiger partial charge is 0.419 e. The summed E-state index contributed by atoms with van der Waals surface area (Å²) in [7, 11) is 2.02. The van der Waals surface area contributed by atoms with Crippen molar-refractivity contribution in [2.75, 3.05) is 13.3 Å². The van der Waals surface area contributed by atoms with Crippen LogP contribution >= 0.6 is 11.8 Å². The average Bonchev–Trinajstić information content (AvgIpc) is 3.12. The molecule has 0 spiro atoms. The summed E-state index contributed by atoms with van der Waals surface area (Å²) >= 11 is 1.73. The lowest BCUT2D eigenvalue weighted by Gasteiger charge is -2.21. The number of hydrogen-bond acceptors (Lipinski definition) is 5. The number of aromatic nitrogens is 2. The van der Waals surface area contributed by atoms with Crippen LogP contribution in [0.3, 0.4) is 0 Å². The van der Waals surface area contributed by atoms with Crippen molar-refractivity contribution in [1.29, 1.82) is 0 Å². The molecule has 1 heterocycles. The monoisotopic (exact) mass is 357 g/mol. The molecule has 0 aliphatic heterocycles. The van der Waals surface area contributed by atoms with Gasteiger partial charge in [0.15, 0.2) is 0 Å². The maximum absolute atomic E-state index is 13.0. The number of thioether (sulfide) groups is 1. The van der Waals surface area contributed by atoms with Crippen molar-refractivity contribution < 1.29 is 8.81 Å². The molecule has 0 saturated heterocycles. The molecular formula is C19H20FN3OS. The second-order valence-corrected chi connectivity index (χ2v) is 6.77. The first-order valence-electron chi connectivity index (χ1n) is 7.99. The Morgan fingerprint density at radius 1 is 1.08 bits per heavy atom. The van der Waals surface area contributed by atoms with Crippen LogP contribution in [0.15, 0.2) is 57.8 Å². The van der Waals surface area contributed by atoms with Crippen LogP contribution in [0.5, 0.6) is 0 Å². The summed E-state index contributed by atoms with van der Waals surface area (Å²) < 4.78 is 18.8. The number of nitrogens with zero attached hydrogens (tertiary/aromatic N) is 3. The van der Waals surface area contributed by atoms with Gasteiger partial charge in [-0.05, 0) is 62.2 Å². The highest BCUT2D eigenvalue weighted by molar-refractivity contribution is 7.98. The lowest BCUT2D eigenvalue weighted by Crippen LogP contribution is -2.22. The fraction of sp³-hybridized carbons (Fsp3) is 0.263. The number of halogens is 1. The lowest BCUT2D eigenvalue weighted by atomic mass is 10.2. The van der Waals surface area contributed by atoms with Gasteiger partial charge in [0.1, 0.15) is 5.82 Å². The Labute approximate surface area is 151 Å². The first kappa shape index (κ1) is 17.6. The molecule has 4 nitrogen and oxygen atoms in total.